The molecular weight excluding hydrogens is 426 g/mol. The van der Waals surface area contributed by atoms with Gasteiger partial charge in [-0.05, 0) is 30.0 Å². The summed E-state index contributed by atoms with van der Waals surface area (Å²) in [5, 5.41) is 26.0. The van der Waals surface area contributed by atoms with Crippen LogP contribution in [0.25, 0.3) is 21.9 Å². The minimum Gasteiger partial charge on any atom is -0.396 e. The Kier molecular flexibility index (Phi) is 7.58. The van der Waals surface area contributed by atoms with Crippen molar-refractivity contribution >= 4 is 33.7 Å². The van der Waals surface area contributed by atoms with Crippen LogP contribution in [0.5, 0.6) is 0 Å². The van der Waals surface area contributed by atoms with Gasteiger partial charge in [0, 0.05) is 31.1 Å². The molecule has 5 N–H and O–H groups in total. The number of aliphatic hydroxyl groups excluding tert-OH is 1. The highest BCUT2D eigenvalue weighted by Gasteiger charge is 2.20. The SMILES string of the molecule is CCC[C@@H](CCO)Nc1nc(N)nc2c3ccccc3n(Cc3cccc(CNCC#N)c3)c12. The van der Waals surface area contributed by atoms with Crippen LogP contribution in [0.3, 0.4) is 0 Å². The molecule has 2 heterocycles. The Morgan fingerprint density at radius 1 is 1.12 bits per heavy atom. The van der Waals surface area contributed by atoms with Gasteiger partial charge in [0.05, 0.1) is 18.1 Å². The zero-order chi connectivity index (χ0) is 23.9. The topological polar surface area (TPSA) is 125 Å². The molecule has 0 unspecified atom stereocenters. The monoisotopic (exact) mass is 457 g/mol. The van der Waals surface area contributed by atoms with E-state index in [0.29, 0.717) is 31.9 Å². The van der Waals surface area contributed by atoms with E-state index in [1.165, 1.54) is 0 Å². The highest BCUT2D eigenvalue weighted by atomic mass is 16.3. The van der Waals surface area contributed by atoms with Crippen molar-refractivity contribution in [3.63, 3.8) is 0 Å². The van der Waals surface area contributed by atoms with Crippen LogP contribution >= 0.6 is 0 Å². The Balaban J connectivity index is 1.81. The summed E-state index contributed by atoms with van der Waals surface area (Å²) in [6, 6.07) is 18.7. The minimum atomic E-state index is 0.0912. The molecule has 0 saturated carbocycles. The first-order chi connectivity index (χ1) is 16.6. The van der Waals surface area contributed by atoms with E-state index in [9.17, 15) is 5.11 Å². The number of anilines is 2. The lowest BCUT2D eigenvalue weighted by Gasteiger charge is -2.19. The summed E-state index contributed by atoms with van der Waals surface area (Å²) in [7, 11) is 0. The molecule has 1 atom stereocenters. The number of nitrogens with zero attached hydrogens (tertiary/aromatic N) is 4. The number of para-hydroxylation sites is 1. The number of nitriles is 1. The molecule has 2 aromatic heterocycles. The van der Waals surface area contributed by atoms with Gasteiger partial charge in [0.2, 0.25) is 5.95 Å². The van der Waals surface area contributed by atoms with E-state index >= 15 is 0 Å². The number of hydrogen-bond acceptors (Lipinski definition) is 7. The van der Waals surface area contributed by atoms with Crippen molar-refractivity contribution in [3.05, 3.63) is 59.7 Å². The van der Waals surface area contributed by atoms with Gasteiger partial charge >= 0.3 is 0 Å². The standard InChI is InChI=1S/C26H31N7O/c1-2-6-20(11-14-34)30-25-24-23(31-26(28)32-25)21-9-3-4-10-22(21)33(24)17-19-8-5-7-18(15-19)16-29-13-12-27/h3-5,7-10,15,20,29,34H,2,6,11,13-14,16-17H2,1H3,(H3,28,30,31,32)/t20-/m0/s1. The molecule has 176 valence electrons. The number of nitrogens with one attached hydrogen (secondary N) is 2. The van der Waals surface area contributed by atoms with E-state index in [2.05, 4.69) is 68.5 Å². The zero-order valence-electron chi connectivity index (χ0n) is 19.5. The summed E-state index contributed by atoms with van der Waals surface area (Å²) in [5.41, 5.74) is 11.2. The summed E-state index contributed by atoms with van der Waals surface area (Å²) in [4.78, 5) is 9.19. The third-order valence-electron chi connectivity index (χ3n) is 5.94. The molecule has 0 radical (unpaired) electrons. The van der Waals surface area contributed by atoms with Crippen LogP contribution in [0, 0.1) is 11.3 Å². The molecular formula is C26H31N7O. The fourth-order valence-corrected chi connectivity index (χ4v) is 4.48. The highest BCUT2D eigenvalue weighted by molar-refractivity contribution is 6.09. The number of fused-ring (bicyclic) bond motifs is 3. The smallest absolute Gasteiger partial charge is 0.222 e. The van der Waals surface area contributed by atoms with Crippen molar-refractivity contribution in [1.29, 1.82) is 5.26 Å². The largest absolute Gasteiger partial charge is 0.396 e. The van der Waals surface area contributed by atoms with Gasteiger partial charge in [-0.15, -0.1) is 0 Å². The summed E-state index contributed by atoms with van der Waals surface area (Å²) in [6.07, 6.45) is 2.55. The third kappa shape index (κ3) is 5.11. The maximum atomic E-state index is 9.55. The van der Waals surface area contributed by atoms with E-state index in [4.69, 9.17) is 11.0 Å². The van der Waals surface area contributed by atoms with Gasteiger partial charge in [-0.1, -0.05) is 55.8 Å². The average molecular weight is 458 g/mol. The molecule has 8 heteroatoms. The third-order valence-corrected chi connectivity index (χ3v) is 5.94. The van der Waals surface area contributed by atoms with Gasteiger partial charge in [-0.25, -0.2) is 4.98 Å². The van der Waals surface area contributed by atoms with Crippen LogP contribution < -0.4 is 16.4 Å². The Labute approximate surface area is 199 Å². The maximum absolute atomic E-state index is 9.55. The molecule has 0 aliphatic heterocycles. The lowest BCUT2D eigenvalue weighted by atomic mass is 10.1. The second-order valence-electron chi connectivity index (χ2n) is 8.45. The van der Waals surface area contributed by atoms with E-state index < -0.39 is 0 Å². The number of aliphatic hydroxyl groups is 1. The molecule has 4 rings (SSSR count). The number of nitrogens with two attached hydrogens (primary N) is 1. The lowest BCUT2D eigenvalue weighted by molar-refractivity contribution is 0.276. The van der Waals surface area contributed by atoms with Crippen molar-refractivity contribution < 1.29 is 5.11 Å². The van der Waals surface area contributed by atoms with Gasteiger partial charge in [-0.3, -0.25) is 0 Å². The minimum absolute atomic E-state index is 0.0912. The highest BCUT2D eigenvalue weighted by Crippen LogP contribution is 2.33. The molecule has 0 aliphatic rings. The van der Waals surface area contributed by atoms with Crippen LogP contribution in [0.15, 0.2) is 48.5 Å². The number of benzene rings is 2. The summed E-state index contributed by atoms with van der Waals surface area (Å²) >= 11 is 0. The van der Waals surface area contributed by atoms with Gasteiger partial charge in [-0.2, -0.15) is 10.2 Å². The Hall–Kier alpha value is -3.67. The van der Waals surface area contributed by atoms with Crippen molar-refractivity contribution in [2.75, 3.05) is 24.2 Å². The van der Waals surface area contributed by atoms with E-state index in [0.717, 1.165) is 45.9 Å². The van der Waals surface area contributed by atoms with Crippen LogP contribution in [0.1, 0.15) is 37.3 Å². The molecule has 8 nitrogen and oxygen atoms in total. The molecule has 34 heavy (non-hydrogen) atoms. The first-order valence-electron chi connectivity index (χ1n) is 11.7. The molecule has 2 aromatic carbocycles. The van der Waals surface area contributed by atoms with Crippen LogP contribution in [-0.2, 0) is 13.1 Å². The maximum Gasteiger partial charge on any atom is 0.222 e. The quantitative estimate of drug-likeness (QED) is 0.199. The summed E-state index contributed by atoms with van der Waals surface area (Å²) in [6.45, 7) is 3.83. The average Bonchev–Trinajstić information content (AvgIpc) is 3.13. The fraction of sp³-hybridized carbons (Fsp3) is 0.346. The van der Waals surface area contributed by atoms with Crippen molar-refractivity contribution in [3.8, 4) is 6.07 Å². The number of hydrogen-bond donors (Lipinski definition) is 4. The fourth-order valence-electron chi connectivity index (χ4n) is 4.48. The molecule has 0 saturated heterocycles. The Morgan fingerprint density at radius 2 is 1.94 bits per heavy atom. The molecule has 4 aromatic rings. The predicted octanol–water partition coefficient (Wildman–Crippen LogP) is 3.79. The molecule has 0 amide bonds. The Morgan fingerprint density at radius 3 is 2.74 bits per heavy atom. The van der Waals surface area contributed by atoms with E-state index in [1.807, 2.05) is 18.2 Å². The zero-order valence-corrected chi connectivity index (χ0v) is 19.5. The second-order valence-corrected chi connectivity index (χ2v) is 8.45. The molecule has 0 bridgehead atoms. The normalized spacial score (nSPS) is 12.1. The first-order valence-corrected chi connectivity index (χ1v) is 11.7. The lowest BCUT2D eigenvalue weighted by Crippen LogP contribution is -2.22. The van der Waals surface area contributed by atoms with E-state index in [-0.39, 0.29) is 18.6 Å². The van der Waals surface area contributed by atoms with Crippen LogP contribution in [0.2, 0.25) is 0 Å². The van der Waals surface area contributed by atoms with Gasteiger partial charge in [0.15, 0.2) is 5.82 Å². The first kappa shape index (κ1) is 23.5. The van der Waals surface area contributed by atoms with Gasteiger partial charge in [0.1, 0.15) is 11.0 Å². The molecule has 0 fully saturated rings. The van der Waals surface area contributed by atoms with Gasteiger partial charge in [0.25, 0.3) is 0 Å². The van der Waals surface area contributed by atoms with Crippen molar-refractivity contribution in [1.82, 2.24) is 19.9 Å². The molecule has 0 spiro atoms. The predicted molar refractivity (Wildman–Crippen MR) is 136 cm³/mol. The second kappa shape index (κ2) is 11.0. The number of rotatable bonds is 11. The summed E-state index contributed by atoms with van der Waals surface area (Å²) < 4.78 is 2.23. The number of aromatic nitrogens is 3. The van der Waals surface area contributed by atoms with Gasteiger partial charge < -0.3 is 26.0 Å². The Bertz CT molecular complexity index is 1300. The van der Waals surface area contributed by atoms with Crippen molar-refractivity contribution in [2.45, 2.75) is 45.3 Å². The van der Waals surface area contributed by atoms with Crippen LogP contribution in [-0.4, -0.2) is 38.8 Å². The number of nitrogen functional groups attached to an aromatic ring is 1. The van der Waals surface area contributed by atoms with Crippen LogP contribution in [0.4, 0.5) is 11.8 Å². The van der Waals surface area contributed by atoms with E-state index in [1.54, 1.807) is 0 Å². The molecule has 0 aliphatic carbocycles. The van der Waals surface area contributed by atoms with Crippen molar-refractivity contribution in [2.24, 2.45) is 0 Å². The summed E-state index contributed by atoms with van der Waals surface area (Å²) in [5.74, 6) is 0.917.